The van der Waals surface area contributed by atoms with Crippen LogP contribution < -0.4 is 5.73 Å². The molecule has 92 valence electrons. The third-order valence-corrected chi connectivity index (χ3v) is 3.63. The largest absolute Gasteiger partial charge is 0.366 e. The van der Waals surface area contributed by atoms with Gasteiger partial charge in [-0.1, -0.05) is 12.1 Å². The van der Waals surface area contributed by atoms with Crippen LogP contribution in [0.15, 0.2) is 30.5 Å². The summed E-state index contributed by atoms with van der Waals surface area (Å²) in [6.07, 6.45) is 8.97. The number of allylic oxidation sites excluding steroid dienone is 2. The van der Waals surface area contributed by atoms with Crippen molar-refractivity contribution in [2.45, 2.75) is 25.7 Å². The van der Waals surface area contributed by atoms with E-state index in [1.54, 1.807) is 0 Å². The minimum Gasteiger partial charge on any atom is -0.366 e. The molecule has 0 bridgehead atoms. The molecule has 0 saturated heterocycles. The van der Waals surface area contributed by atoms with Gasteiger partial charge in [0.1, 0.15) is 0 Å². The first-order chi connectivity index (χ1) is 8.77. The molecule has 0 saturated carbocycles. The average molecular weight is 240 g/mol. The van der Waals surface area contributed by atoms with Crippen molar-refractivity contribution in [2.24, 2.45) is 5.73 Å². The number of rotatable bonds is 2. The quantitative estimate of drug-likeness (QED) is 0.831. The van der Waals surface area contributed by atoms with Gasteiger partial charge in [0.25, 0.3) is 5.91 Å². The number of hydrogen-bond acceptors (Lipinski definition) is 1. The zero-order chi connectivity index (χ0) is 12.5. The van der Waals surface area contributed by atoms with E-state index in [1.165, 1.54) is 24.0 Å². The molecule has 1 aromatic heterocycles. The number of nitrogens with two attached hydrogens (primary N) is 1. The summed E-state index contributed by atoms with van der Waals surface area (Å²) in [5.41, 5.74) is 9.44. The van der Waals surface area contributed by atoms with Crippen molar-refractivity contribution in [3.63, 3.8) is 0 Å². The van der Waals surface area contributed by atoms with Crippen LogP contribution in [0.4, 0.5) is 0 Å². The normalized spacial score (nSPS) is 15.7. The summed E-state index contributed by atoms with van der Waals surface area (Å²) in [4.78, 5) is 14.5. The van der Waals surface area contributed by atoms with Crippen LogP contribution in [0.1, 0.15) is 41.6 Å². The highest BCUT2D eigenvalue weighted by atomic mass is 16.1. The van der Waals surface area contributed by atoms with Crippen molar-refractivity contribution in [3.05, 3.63) is 41.6 Å². The minimum absolute atomic E-state index is 0.383. The molecule has 1 amide bonds. The van der Waals surface area contributed by atoms with Gasteiger partial charge < -0.3 is 10.7 Å². The predicted molar refractivity (Wildman–Crippen MR) is 73.3 cm³/mol. The lowest BCUT2D eigenvalue weighted by atomic mass is 9.91. The number of nitrogens with one attached hydrogen (secondary N) is 1. The van der Waals surface area contributed by atoms with E-state index in [4.69, 9.17) is 5.73 Å². The van der Waals surface area contributed by atoms with Gasteiger partial charge in [0.05, 0.1) is 11.1 Å². The maximum atomic E-state index is 11.4. The Kier molecular flexibility index (Phi) is 2.67. The fourth-order valence-electron chi connectivity index (χ4n) is 2.72. The predicted octanol–water partition coefficient (Wildman–Crippen LogP) is 3.22. The van der Waals surface area contributed by atoms with Crippen LogP contribution in [-0.4, -0.2) is 10.9 Å². The Bertz CT molecular complexity index is 637. The van der Waals surface area contributed by atoms with Crippen LogP contribution in [0.2, 0.25) is 0 Å². The Balaban J connectivity index is 2.20. The number of carbonyl (C=O) groups excluding carboxylic acids is 1. The van der Waals surface area contributed by atoms with E-state index in [0.717, 1.165) is 23.7 Å². The maximum absolute atomic E-state index is 11.4. The Morgan fingerprint density at radius 1 is 1.22 bits per heavy atom. The molecular weight excluding hydrogens is 224 g/mol. The van der Waals surface area contributed by atoms with E-state index in [0.29, 0.717) is 5.56 Å². The molecule has 1 aliphatic carbocycles. The second-order valence-electron chi connectivity index (χ2n) is 4.77. The molecule has 1 aromatic carbocycles. The number of hydrogen-bond donors (Lipinski definition) is 2. The summed E-state index contributed by atoms with van der Waals surface area (Å²) < 4.78 is 0. The van der Waals surface area contributed by atoms with E-state index in [1.807, 2.05) is 24.4 Å². The van der Waals surface area contributed by atoms with Gasteiger partial charge in [0.2, 0.25) is 0 Å². The highest BCUT2D eigenvalue weighted by Crippen LogP contribution is 2.32. The number of amides is 1. The topological polar surface area (TPSA) is 58.9 Å². The first kappa shape index (κ1) is 11.1. The number of H-pyrrole nitrogens is 1. The van der Waals surface area contributed by atoms with Crippen molar-refractivity contribution in [2.75, 3.05) is 0 Å². The monoisotopic (exact) mass is 240 g/mol. The molecule has 3 heteroatoms. The van der Waals surface area contributed by atoms with Crippen LogP contribution in [0.3, 0.4) is 0 Å². The summed E-state index contributed by atoms with van der Waals surface area (Å²) in [7, 11) is 0. The van der Waals surface area contributed by atoms with Gasteiger partial charge in [-0.15, -0.1) is 0 Å². The molecule has 1 heterocycles. The molecule has 0 fully saturated rings. The lowest BCUT2D eigenvalue weighted by Crippen LogP contribution is -2.11. The Morgan fingerprint density at radius 3 is 2.83 bits per heavy atom. The molecule has 0 aliphatic heterocycles. The van der Waals surface area contributed by atoms with Crippen molar-refractivity contribution >= 4 is 22.4 Å². The molecule has 2 aromatic rings. The highest BCUT2D eigenvalue weighted by Gasteiger charge is 2.14. The number of fused-ring (bicyclic) bond motifs is 1. The van der Waals surface area contributed by atoms with Crippen molar-refractivity contribution < 1.29 is 4.79 Å². The molecule has 0 radical (unpaired) electrons. The molecule has 0 unspecified atom stereocenters. The number of aromatic amines is 1. The van der Waals surface area contributed by atoms with Gasteiger partial charge in [-0.3, -0.25) is 4.79 Å². The third kappa shape index (κ3) is 1.72. The average Bonchev–Trinajstić information content (AvgIpc) is 2.87. The molecular formula is C15H16N2O. The molecule has 0 spiro atoms. The van der Waals surface area contributed by atoms with E-state index in [-0.39, 0.29) is 5.91 Å². The number of primary amides is 1. The third-order valence-electron chi connectivity index (χ3n) is 3.63. The molecule has 18 heavy (non-hydrogen) atoms. The second kappa shape index (κ2) is 4.33. The summed E-state index contributed by atoms with van der Waals surface area (Å²) in [6, 6.07) is 5.87. The smallest absolute Gasteiger partial charge is 0.250 e. The van der Waals surface area contributed by atoms with E-state index in [9.17, 15) is 4.79 Å². The van der Waals surface area contributed by atoms with Gasteiger partial charge in [0, 0.05) is 11.6 Å². The lowest BCUT2D eigenvalue weighted by molar-refractivity contribution is 0.100. The summed E-state index contributed by atoms with van der Waals surface area (Å²) >= 11 is 0. The van der Waals surface area contributed by atoms with Gasteiger partial charge in [-0.05, 0) is 49.0 Å². The lowest BCUT2D eigenvalue weighted by Gasteiger charge is -2.14. The molecule has 0 atom stereocenters. The first-order valence-corrected chi connectivity index (χ1v) is 6.36. The highest BCUT2D eigenvalue weighted by molar-refractivity contribution is 6.07. The van der Waals surface area contributed by atoms with Crippen molar-refractivity contribution in [3.8, 4) is 0 Å². The number of carbonyl (C=O) groups is 1. The zero-order valence-corrected chi connectivity index (χ0v) is 10.2. The van der Waals surface area contributed by atoms with Crippen LogP contribution in [0.5, 0.6) is 0 Å². The van der Waals surface area contributed by atoms with Gasteiger partial charge in [-0.2, -0.15) is 0 Å². The van der Waals surface area contributed by atoms with Gasteiger partial charge >= 0.3 is 0 Å². The number of benzene rings is 1. The van der Waals surface area contributed by atoms with Crippen LogP contribution in [-0.2, 0) is 0 Å². The summed E-state index contributed by atoms with van der Waals surface area (Å²) in [5, 5.41) is 1.10. The maximum Gasteiger partial charge on any atom is 0.250 e. The fourth-order valence-corrected chi connectivity index (χ4v) is 2.72. The van der Waals surface area contributed by atoms with E-state index < -0.39 is 0 Å². The molecule has 3 rings (SSSR count). The second-order valence-corrected chi connectivity index (χ2v) is 4.77. The Labute approximate surface area is 106 Å². The molecule has 3 N–H and O–H groups in total. The minimum atomic E-state index is -0.383. The van der Waals surface area contributed by atoms with Crippen molar-refractivity contribution in [1.29, 1.82) is 0 Å². The zero-order valence-electron chi connectivity index (χ0n) is 10.2. The Hall–Kier alpha value is -2.03. The fraction of sp³-hybridized carbons (Fsp3) is 0.267. The van der Waals surface area contributed by atoms with Gasteiger partial charge in [0.15, 0.2) is 0 Å². The van der Waals surface area contributed by atoms with Crippen molar-refractivity contribution in [1.82, 2.24) is 4.98 Å². The van der Waals surface area contributed by atoms with Crippen LogP contribution >= 0.6 is 0 Å². The van der Waals surface area contributed by atoms with Crippen LogP contribution in [0, 0.1) is 0 Å². The molecule has 1 aliphatic rings. The van der Waals surface area contributed by atoms with E-state index in [2.05, 4.69) is 11.1 Å². The number of aromatic nitrogens is 1. The van der Waals surface area contributed by atoms with E-state index >= 15 is 0 Å². The van der Waals surface area contributed by atoms with Gasteiger partial charge in [-0.25, -0.2) is 0 Å². The first-order valence-electron chi connectivity index (χ1n) is 6.36. The van der Waals surface area contributed by atoms with Crippen LogP contribution in [0.25, 0.3) is 16.5 Å². The summed E-state index contributed by atoms with van der Waals surface area (Å²) in [6.45, 7) is 0. The Morgan fingerprint density at radius 2 is 2.11 bits per heavy atom. The summed E-state index contributed by atoms with van der Waals surface area (Å²) in [5.74, 6) is -0.383. The standard InChI is InChI=1S/C15H16N2O/c16-15(18)13-7-6-11(10-4-2-1-3-5-10)12-8-9-17-14(12)13/h4,6-9,17H,1-3,5H2,(H2,16,18). The molecule has 3 nitrogen and oxygen atoms in total. The SMILES string of the molecule is NC(=O)c1ccc(C2=CCCCC2)c2cc[nH]c12.